The minimum absolute atomic E-state index is 0.571. The number of hydrogen-bond donors (Lipinski definition) is 1. The molecule has 0 amide bonds. The normalized spacial score (nSPS) is 19.2. The van der Waals surface area contributed by atoms with E-state index >= 15 is 0 Å². The quantitative estimate of drug-likeness (QED) is 0.835. The number of rotatable bonds is 3. The third kappa shape index (κ3) is 3.77. The molecule has 4 heteroatoms. The molecule has 0 aromatic carbocycles. The molecule has 1 aliphatic rings. The average molecular weight is 234 g/mol. The topological polar surface area (TPSA) is 45.4 Å². The highest BCUT2D eigenvalue weighted by Gasteiger charge is 2.12. The summed E-state index contributed by atoms with van der Waals surface area (Å²) in [6, 6.07) is 4.17. The Hall–Kier alpha value is -0.970. The van der Waals surface area contributed by atoms with E-state index in [4.69, 9.17) is 5.73 Å². The SMILES string of the molecule is CN1CCCN(Cc2ccc(CN)cn2)CC1. The molecule has 1 aliphatic heterocycles. The van der Waals surface area contributed by atoms with Gasteiger partial charge in [0, 0.05) is 32.4 Å². The summed E-state index contributed by atoms with van der Waals surface area (Å²) < 4.78 is 0. The maximum absolute atomic E-state index is 5.56. The van der Waals surface area contributed by atoms with Crippen molar-refractivity contribution in [2.75, 3.05) is 33.2 Å². The zero-order chi connectivity index (χ0) is 12.1. The first kappa shape index (κ1) is 12.5. The van der Waals surface area contributed by atoms with Gasteiger partial charge in [-0.1, -0.05) is 6.07 Å². The Balaban J connectivity index is 1.90. The minimum Gasteiger partial charge on any atom is -0.326 e. The maximum atomic E-state index is 5.56. The molecule has 1 aromatic heterocycles. The van der Waals surface area contributed by atoms with Crippen molar-refractivity contribution in [3.05, 3.63) is 29.6 Å². The van der Waals surface area contributed by atoms with E-state index in [1.807, 2.05) is 6.20 Å². The molecular formula is C13H22N4. The average Bonchev–Trinajstić information content (AvgIpc) is 2.56. The van der Waals surface area contributed by atoms with Crippen molar-refractivity contribution in [1.29, 1.82) is 0 Å². The zero-order valence-electron chi connectivity index (χ0n) is 10.6. The van der Waals surface area contributed by atoms with Gasteiger partial charge >= 0.3 is 0 Å². The highest BCUT2D eigenvalue weighted by Crippen LogP contribution is 2.07. The van der Waals surface area contributed by atoms with E-state index in [1.54, 1.807) is 0 Å². The van der Waals surface area contributed by atoms with Crippen LogP contribution in [0.3, 0.4) is 0 Å². The Morgan fingerprint density at radius 1 is 1.24 bits per heavy atom. The Labute approximate surface area is 103 Å². The molecule has 0 aliphatic carbocycles. The van der Waals surface area contributed by atoms with Crippen LogP contribution < -0.4 is 5.73 Å². The van der Waals surface area contributed by atoms with Gasteiger partial charge in [-0.3, -0.25) is 9.88 Å². The van der Waals surface area contributed by atoms with Gasteiger partial charge in [0.25, 0.3) is 0 Å². The van der Waals surface area contributed by atoms with Crippen LogP contribution >= 0.6 is 0 Å². The Kier molecular flexibility index (Phi) is 4.48. The van der Waals surface area contributed by atoms with E-state index in [-0.39, 0.29) is 0 Å². The number of pyridine rings is 1. The van der Waals surface area contributed by atoms with Gasteiger partial charge in [0.1, 0.15) is 0 Å². The van der Waals surface area contributed by atoms with Gasteiger partial charge in [0.2, 0.25) is 0 Å². The molecule has 94 valence electrons. The third-order valence-corrected chi connectivity index (χ3v) is 3.32. The van der Waals surface area contributed by atoms with Gasteiger partial charge in [-0.2, -0.15) is 0 Å². The van der Waals surface area contributed by atoms with Crippen molar-refractivity contribution >= 4 is 0 Å². The molecule has 4 nitrogen and oxygen atoms in total. The summed E-state index contributed by atoms with van der Waals surface area (Å²) in [5.41, 5.74) is 7.81. The first-order valence-electron chi connectivity index (χ1n) is 6.32. The number of likely N-dealkylation sites (N-methyl/N-ethyl adjacent to an activating group) is 1. The van der Waals surface area contributed by atoms with Crippen molar-refractivity contribution in [1.82, 2.24) is 14.8 Å². The van der Waals surface area contributed by atoms with Gasteiger partial charge in [0.05, 0.1) is 5.69 Å². The lowest BCUT2D eigenvalue weighted by Crippen LogP contribution is -2.28. The first-order valence-corrected chi connectivity index (χ1v) is 6.32. The molecule has 17 heavy (non-hydrogen) atoms. The molecule has 0 saturated carbocycles. The maximum Gasteiger partial charge on any atom is 0.0544 e. The lowest BCUT2D eigenvalue weighted by Gasteiger charge is -2.19. The van der Waals surface area contributed by atoms with Crippen LogP contribution in [0, 0.1) is 0 Å². The molecular weight excluding hydrogens is 212 g/mol. The summed E-state index contributed by atoms with van der Waals surface area (Å²) in [6.45, 7) is 6.19. The van der Waals surface area contributed by atoms with Gasteiger partial charge in [-0.15, -0.1) is 0 Å². The van der Waals surface area contributed by atoms with Crippen LogP contribution in [0.5, 0.6) is 0 Å². The molecule has 0 unspecified atom stereocenters. The second kappa shape index (κ2) is 6.10. The zero-order valence-corrected chi connectivity index (χ0v) is 10.6. The third-order valence-electron chi connectivity index (χ3n) is 3.32. The van der Waals surface area contributed by atoms with E-state index in [0.717, 1.165) is 30.9 Å². The molecule has 0 spiro atoms. The lowest BCUT2D eigenvalue weighted by molar-refractivity contribution is 0.266. The van der Waals surface area contributed by atoms with Crippen molar-refractivity contribution in [3.63, 3.8) is 0 Å². The fourth-order valence-corrected chi connectivity index (χ4v) is 2.16. The fraction of sp³-hybridized carbons (Fsp3) is 0.615. The summed E-state index contributed by atoms with van der Waals surface area (Å²) >= 11 is 0. The lowest BCUT2D eigenvalue weighted by atomic mass is 10.2. The van der Waals surface area contributed by atoms with Gasteiger partial charge in [0.15, 0.2) is 0 Å². The van der Waals surface area contributed by atoms with E-state index in [9.17, 15) is 0 Å². The smallest absolute Gasteiger partial charge is 0.0544 e. The van der Waals surface area contributed by atoms with E-state index in [0.29, 0.717) is 6.54 Å². The monoisotopic (exact) mass is 234 g/mol. The van der Waals surface area contributed by atoms with Crippen LogP contribution in [-0.4, -0.2) is 48.0 Å². The van der Waals surface area contributed by atoms with Gasteiger partial charge < -0.3 is 10.6 Å². The summed E-state index contributed by atoms with van der Waals surface area (Å²) in [6.07, 6.45) is 3.14. The highest BCUT2D eigenvalue weighted by atomic mass is 15.2. The van der Waals surface area contributed by atoms with Crippen LogP contribution in [0.1, 0.15) is 17.7 Å². The summed E-state index contributed by atoms with van der Waals surface area (Å²) in [7, 11) is 2.19. The van der Waals surface area contributed by atoms with Crippen LogP contribution in [0.15, 0.2) is 18.3 Å². The van der Waals surface area contributed by atoms with Gasteiger partial charge in [-0.25, -0.2) is 0 Å². The second-order valence-corrected chi connectivity index (χ2v) is 4.79. The molecule has 2 rings (SSSR count). The predicted molar refractivity (Wildman–Crippen MR) is 69.5 cm³/mol. The van der Waals surface area contributed by atoms with Crippen LogP contribution in [-0.2, 0) is 13.1 Å². The van der Waals surface area contributed by atoms with E-state index in [2.05, 4.69) is 34.0 Å². The Morgan fingerprint density at radius 2 is 2.12 bits per heavy atom. The van der Waals surface area contributed by atoms with Gasteiger partial charge in [-0.05, 0) is 38.2 Å². The standard InChI is InChI=1S/C13H22N4/c1-16-5-2-6-17(8-7-16)11-13-4-3-12(9-14)10-15-13/h3-4,10H,2,5-9,11,14H2,1H3. The summed E-state index contributed by atoms with van der Waals surface area (Å²) in [5, 5.41) is 0. The van der Waals surface area contributed by atoms with Crippen LogP contribution in [0.25, 0.3) is 0 Å². The number of hydrogen-bond acceptors (Lipinski definition) is 4. The number of nitrogens with two attached hydrogens (primary N) is 1. The molecule has 1 fully saturated rings. The highest BCUT2D eigenvalue weighted by molar-refractivity contribution is 5.13. The summed E-state index contributed by atoms with van der Waals surface area (Å²) in [5.74, 6) is 0. The molecule has 0 atom stereocenters. The second-order valence-electron chi connectivity index (χ2n) is 4.79. The summed E-state index contributed by atoms with van der Waals surface area (Å²) in [4.78, 5) is 9.33. The van der Waals surface area contributed by atoms with E-state index in [1.165, 1.54) is 19.5 Å². The Bertz CT molecular complexity index is 336. The van der Waals surface area contributed by atoms with Crippen molar-refractivity contribution < 1.29 is 0 Å². The van der Waals surface area contributed by atoms with Crippen molar-refractivity contribution in [2.24, 2.45) is 5.73 Å². The molecule has 1 aromatic rings. The largest absolute Gasteiger partial charge is 0.326 e. The van der Waals surface area contributed by atoms with Crippen molar-refractivity contribution in [3.8, 4) is 0 Å². The predicted octanol–water partition coefficient (Wildman–Crippen LogP) is 0.678. The minimum atomic E-state index is 0.571. The van der Waals surface area contributed by atoms with Crippen molar-refractivity contribution in [2.45, 2.75) is 19.5 Å². The molecule has 1 saturated heterocycles. The number of aromatic nitrogens is 1. The van der Waals surface area contributed by atoms with Crippen LogP contribution in [0.2, 0.25) is 0 Å². The van der Waals surface area contributed by atoms with E-state index < -0.39 is 0 Å². The molecule has 0 bridgehead atoms. The number of nitrogens with zero attached hydrogens (tertiary/aromatic N) is 3. The molecule has 2 heterocycles. The van der Waals surface area contributed by atoms with Crippen LogP contribution in [0.4, 0.5) is 0 Å². The fourth-order valence-electron chi connectivity index (χ4n) is 2.16. The first-order chi connectivity index (χ1) is 8.28. The molecule has 0 radical (unpaired) electrons. The molecule has 2 N–H and O–H groups in total. The Morgan fingerprint density at radius 3 is 2.82 bits per heavy atom.